The Balaban J connectivity index is 2.14. The average Bonchev–Trinajstić information content (AvgIpc) is 3.13. The van der Waals surface area contributed by atoms with Crippen LogP contribution in [0.4, 0.5) is 0 Å². The van der Waals surface area contributed by atoms with Crippen LogP contribution in [0.2, 0.25) is 0 Å². The van der Waals surface area contributed by atoms with E-state index in [1.165, 1.54) is 0 Å². The Morgan fingerprint density at radius 3 is 2.83 bits per heavy atom. The topological polar surface area (TPSA) is 42.0 Å². The molecule has 0 atom stereocenters. The molecule has 1 aromatic heterocycles. The highest BCUT2D eigenvalue weighted by Gasteiger charge is 2.24. The molecule has 3 rings (SSSR count). The van der Waals surface area contributed by atoms with Gasteiger partial charge in [-0.25, -0.2) is 0 Å². The Labute approximate surface area is 106 Å². The minimum Gasteiger partial charge on any atom is -0.349 e. The summed E-state index contributed by atoms with van der Waals surface area (Å²) in [5.41, 5.74) is 3.67. The van der Waals surface area contributed by atoms with Gasteiger partial charge in [0.2, 0.25) is 0 Å². The molecule has 18 heavy (non-hydrogen) atoms. The van der Waals surface area contributed by atoms with Gasteiger partial charge in [0.1, 0.15) is 0 Å². The predicted molar refractivity (Wildman–Crippen MR) is 71.7 cm³/mol. The molecule has 1 N–H and O–H groups in total. The lowest BCUT2D eigenvalue weighted by Crippen LogP contribution is -2.25. The first-order chi connectivity index (χ1) is 8.65. The van der Waals surface area contributed by atoms with Gasteiger partial charge in [0.05, 0.1) is 11.1 Å². The van der Waals surface area contributed by atoms with Crippen LogP contribution >= 0.6 is 0 Å². The number of nitrogens with one attached hydrogen (secondary N) is 1. The summed E-state index contributed by atoms with van der Waals surface area (Å²) in [5, 5.41) is 3.99. The van der Waals surface area contributed by atoms with Crippen LogP contribution in [0.5, 0.6) is 0 Å². The van der Waals surface area contributed by atoms with Gasteiger partial charge in [-0.2, -0.15) is 0 Å². The van der Waals surface area contributed by atoms with E-state index in [2.05, 4.69) is 10.3 Å². The highest BCUT2D eigenvalue weighted by Crippen LogP contribution is 2.24. The van der Waals surface area contributed by atoms with Crippen LogP contribution in [0.1, 0.15) is 34.5 Å². The molecule has 92 valence electrons. The molecular weight excluding hydrogens is 224 g/mol. The molecule has 1 aliphatic carbocycles. The number of carbonyl (C=O) groups is 1. The molecule has 1 heterocycles. The van der Waals surface area contributed by atoms with Crippen molar-refractivity contribution in [2.24, 2.45) is 0 Å². The summed E-state index contributed by atoms with van der Waals surface area (Å²) in [6.07, 6.45) is 2.21. The zero-order valence-electron chi connectivity index (χ0n) is 10.7. The van der Waals surface area contributed by atoms with E-state index in [4.69, 9.17) is 0 Å². The van der Waals surface area contributed by atoms with Crippen molar-refractivity contribution in [3.05, 3.63) is 41.1 Å². The third-order valence-electron chi connectivity index (χ3n) is 3.33. The number of carbonyl (C=O) groups excluding carboxylic acids is 1. The maximum absolute atomic E-state index is 12.2. The average molecular weight is 240 g/mol. The van der Waals surface area contributed by atoms with E-state index in [0.29, 0.717) is 6.04 Å². The largest absolute Gasteiger partial charge is 0.349 e. The highest BCUT2D eigenvalue weighted by atomic mass is 16.1. The van der Waals surface area contributed by atoms with E-state index >= 15 is 0 Å². The Hall–Kier alpha value is -1.90. The molecule has 1 aromatic carbocycles. The van der Waals surface area contributed by atoms with Crippen LogP contribution in [-0.2, 0) is 0 Å². The summed E-state index contributed by atoms with van der Waals surface area (Å²) < 4.78 is 0. The molecule has 0 radical (unpaired) electrons. The lowest BCUT2D eigenvalue weighted by Gasteiger charge is -2.09. The van der Waals surface area contributed by atoms with E-state index in [1.807, 2.05) is 38.1 Å². The maximum Gasteiger partial charge on any atom is 0.252 e. The van der Waals surface area contributed by atoms with E-state index < -0.39 is 0 Å². The van der Waals surface area contributed by atoms with Crippen molar-refractivity contribution in [2.75, 3.05) is 0 Å². The monoisotopic (exact) mass is 240 g/mol. The second-order valence-electron chi connectivity index (χ2n) is 5.03. The fourth-order valence-corrected chi connectivity index (χ4v) is 2.20. The summed E-state index contributed by atoms with van der Waals surface area (Å²) in [5.74, 6) is 0.0265. The molecule has 1 aliphatic rings. The maximum atomic E-state index is 12.2. The number of hydrogen-bond donors (Lipinski definition) is 1. The quantitative estimate of drug-likeness (QED) is 0.877. The van der Waals surface area contributed by atoms with Crippen molar-refractivity contribution in [3.63, 3.8) is 0 Å². The van der Waals surface area contributed by atoms with Crippen molar-refractivity contribution in [2.45, 2.75) is 32.7 Å². The number of hydrogen-bond acceptors (Lipinski definition) is 2. The third-order valence-corrected chi connectivity index (χ3v) is 3.33. The van der Waals surface area contributed by atoms with Gasteiger partial charge in [0.25, 0.3) is 5.91 Å². The minimum atomic E-state index is 0.0265. The molecule has 0 aliphatic heterocycles. The molecule has 1 saturated carbocycles. The number of amides is 1. The van der Waals surface area contributed by atoms with Crippen LogP contribution in [0.25, 0.3) is 10.9 Å². The fourth-order valence-electron chi connectivity index (χ4n) is 2.20. The Kier molecular flexibility index (Phi) is 2.54. The minimum absolute atomic E-state index is 0.0265. The zero-order chi connectivity index (χ0) is 12.7. The molecule has 3 nitrogen and oxygen atoms in total. The molecule has 1 fully saturated rings. The molecule has 0 bridgehead atoms. The second-order valence-corrected chi connectivity index (χ2v) is 5.03. The Morgan fingerprint density at radius 2 is 2.11 bits per heavy atom. The molecule has 0 unspecified atom stereocenters. The first-order valence-electron chi connectivity index (χ1n) is 6.33. The molecule has 2 aromatic rings. The summed E-state index contributed by atoms with van der Waals surface area (Å²) in [6, 6.07) is 8.22. The SMILES string of the molecule is Cc1cc(C(=O)NC2CC2)c2cccc(C)c2n1. The van der Waals surface area contributed by atoms with Crippen molar-refractivity contribution < 1.29 is 4.79 Å². The van der Waals surface area contributed by atoms with Gasteiger partial charge in [-0.1, -0.05) is 18.2 Å². The smallest absolute Gasteiger partial charge is 0.252 e. The predicted octanol–water partition coefficient (Wildman–Crippen LogP) is 2.74. The Morgan fingerprint density at radius 1 is 1.33 bits per heavy atom. The van der Waals surface area contributed by atoms with Crippen LogP contribution in [0, 0.1) is 13.8 Å². The van der Waals surface area contributed by atoms with Crippen molar-refractivity contribution in [1.82, 2.24) is 10.3 Å². The number of aromatic nitrogens is 1. The van der Waals surface area contributed by atoms with Gasteiger partial charge in [-0.05, 0) is 38.3 Å². The number of nitrogens with zero attached hydrogens (tertiary/aromatic N) is 1. The van der Waals surface area contributed by atoms with E-state index in [0.717, 1.165) is 40.6 Å². The first kappa shape index (κ1) is 11.2. The van der Waals surface area contributed by atoms with Gasteiger partial charge in [0.15, 0.2) is 0 Å². The van der Waals surface area contributed by atoms with Crippen LogP contribution in [0.3, 0.4) is 0 Å². The number of pyridine rings is 1. The second kappa shape index (κ2) is 4.09. The molecule has 1 amide bonds. The number of rotatable bonds is 2. The summed E-state index contributed by atoms with van der Waals surface area (Å²) in [4.78, 5) is 16.8. The van der Waals surface area contributed by atoms with Crippen molar-refractivity contribution >= 4 is 16.8 Å². The van der Waals surface area contributed by atoms with Crippen molar-refractivity contribution in [1.29, 1.82) is 0 Å². The molecule has 0 saturated heterocycles. The Bertz CT molecular complexity index is 630. The van der Waals surface area contributed by atoms with Crippen molar-refractivity contribution in [3.8, 4) is 0 Å². The van der Waals surface area contributed by atoms with Crippen LogP contribution < -0.4 is 5.32 Å². The highest BCUT2D eigenvalue weighted by molar-refractivity contribution is 6.07. The number of fused-ring (bicyclic) bond motifs is 1. The number of aryl methyl sites for hydroxylation is 2. The summed E-state index contributed by atoms with van der Waals surface area (Å²) in [7, 11) is 0. The third kappa shape index (κ3) is 1.96. The normalized spacial score (nSPS) is 14.8. The van der Waals surface area contributed by atoms with E-state index in [-0.39, 0.29) is 5.91 Å². The lowest BCUT2D eigenvalue weighted by molar-refractivity contribution is 0.0952. The van der Waals surface area contributed by atoms with Crippen LogP contribution in [-0.4, -0.2) is 16.9 Å². The summed E-state index contributed by atoms with van der Waals surface area (Å²) >= 11 is 0. The van der Waals surface area contributed by atoms with Gasteiger partial charge >= 0.3 is 0 Å². The van der Waals surface area contributed by atoms with Gasteiger partial charge in [-0.15, -0.1) is 0 Å². The standard InChI is InChI=1S/C15H16N2O/c1-9-4-3-5-12-13(8-10(2)16-14(9)12)15(18)17-11-6-7-11/h3-5,8,11H,6-7H2,1-2H3,(H,17,18). The molecular formula is C15H16N2O. The van der Waals surface area contributed by atoms with Gasteiger partial charge in [0, 0.05) is 17.1 Å². The van der Waals surface area contributed by atoms with E-state index in [9.17, 15) is 4.79 Å². The molecule has 0 spiro atoms. The van der Waals surface area contributed by atoms with Gasteiger partial charge in [-0.3, -0.25) is 9.78 Å². The number of para-hydroxylation sites is 1. The van der Waals surface area contributed by atoms with Gasteiger partial charge < -0.3 is 5.32 Å². The first-order valence-corrected chi connectivity index (χ1v) is 6.33. The fraction of sp³-hybridized carbons (Fsp3) is 0.333. The zero-order valence-corrected chi connectivity index (χ0v) is 10.7. The summed E-state index contributed by atoms with van der Waals surface area (Å²) in [6.45, 7) is 3.96. The van der Waals surface area contributed by atoms with E-state index in [1.54, 1.807) is 0 Å². The number of benzene rings is 1. The molecule has 3 heteroatoms. The van der Waals surface area contributed by atoms with Crippen LogP contribution in [0.15, 0.2) is 24.3 Å². The lowest BCUT2D eigenvalue weighted by atomic mass is 10.0.